The van der Waals surface area contributed by atoms with Crippen molar-refractivity contribution < 1.29 is 9.72 Å². The summed E-state index contributed by atoms with van der Waals surface area (Å²) in [6.45, 7) is 1.92. The minimum atomic E-state index is -0.546. The third-order valence-electron chi connectivity index (χ3n) is 3.49. The molecule has 0 fully saturated rings. The van der Waals surface area contributed by atoms with Crippen LogP contribution in [0.4, 0.5) is 5.69 Å². The van der Waals surface area contributed by atoms with Gasteiger partial charge in [0.25, 0.3) is 11.6 Å². The Kier molecular flexibility index (Phi) is 5.71. The summed E-state index contributed by atoms with van der Waals surface area (Å²) in [7, 11) is 0. The molecule has 0 aliphatic carbocycles. The molecular formula is C17H17ClN2O3. The van der Waals surface area contributed by atoms with Crippen LogP contribution in [0.2, 0.25) is 5.02 Å². The van der Waals surface area contributed by atoms with Gasteiger partial charge in [-0.05, 0) is 31.4 Å². The lowest BCUT2D eigenvalue weighted by Gasteiger charge is -2.14. The second kappa shape index (κ2) is 7.74. The minimum absolute atomic E-state index is 0.0334. The maximum atomic E-state index is 12.2. The Bertz CT molecular complexity index is 704. The number of rotatable bonds is 6. The Morgan fingerprint density at radius 2 is 1.96 bits per heavy atom. The van der Waals surface area contributed by atoms with E-state index in [0.717, 1.165) is 12.8 Å². The summed E-state index contributed by atoms with van der Waals surface area (Å²) in [5, 5.41) is 13.6. The van der Waals surface area contributed by atoms with Crippen LogP contribution in [-0.2, 0) is 6.42 Å². The Labute approximate surface area is 139 Å². The molecule has 0 radical (unpaired) electrons. The van der Waals surface area contributed by atoms with Crippen LogP contribution in [0.25, 0.3) is 0 Å². The highest BCUT2D eigenvalue weighted by molar-refractivity contribution is 6.34. The Morgan fingerprint density at radius 1 is 1.26 bits per heavy atom. The van der Waals surface area contributed by atoms with Gasteiger partial charge in [0, 0.05) is 18.2 Å². The van der Waals surface area contributed by atoms with Crippen molar-refractivity contribution in [2.75, 3.05) is 0 Å². The van der Waals surface area contributed by atoms with Gasteiger partial charge in [0.15, 0.2) is 0 Å². The lowest BCUT2D eigenvalue weighted by molar-refractivity contribution is -0.384. The second-order valence-corrected chi connectivity index (χ2v) is 5.73. The number of carbonyl (C=O) groups excluding carboxylic acids is 1. The first-order chi connectivity index (χ1) is 11.0. The average Bonchev–Trinajstić information content (AvgIpc) is 2.53. The first-order valence-corrected chi connectivity index (χ1v) is 7.64. The van der Waals surface area contributed by atoms with Gasteiger partial charge in [0.2, 0.25) is 0 Å². The highest BCUT2D eigenvalue weighted by Crippen LogP contribution is 2.22. The normalized spacial score (nSPS) is 11.7. The van der Waals surface area contributed by atoms with Gasteiger partial charge >= 0.3 is 0 Å². The van der Waals surface area contributed by atoms with Gasteiger partial charge in [-0.15, -0.1) is 0 Å². The number of amides is 1. The van der Waals surface area contributed by atoms with E-state index in [1.54, 1.807) is 0 Å². The number of non-ortho nitro benzene ring substituents is 1. The fourth-order valence-electron chi connectivity index (χ4n) is 2.20. The molecule has 2 rings (SSSR count). The number of halogens is 1. The number of benzene rings is 2. The molecule has 0 bridgehead atoms. The highest BCUT2D eigenvalue weighted by atomic mass is 35.5. The second-order valence-electron chi connectivity index (χ2n) is 5.32. The standard InChI is InChI=1S/C17H17ClN2O3/c1-12(7-8-13-5-3-2-4-6-13)19-17(21)15-10-9-14(20(22)23)11-16(15)18/h2-6,9-12H,7-8H2,1H3,(H,19,21). The summed E-state index contributed by atoms with van der Waals surface area (Å²) < 4.78 is 0. The average molecular weight is 333 g/mol. The van der Waals surface area contributed by atoms with Crippen LogP contribution in [0.3, 0.4) is 0 Å². The number of nitrogens with zero attached hydrogens (tertiary/aromatic N) is 1. The summed E-state index contributed by atoms with van der Waals surface area (Å²) in [5.41, 5.74) is 1.31. The lowest BCUT2D eigenvalue weighted by atomic mass is 10.1. The zero-order valence-corrected chi connectivity index (χ0v) is 13.4. The molecular weight excluding hydrogens is 316 g/mol. The molecule has 1 N–H and O–H groups in total. The third kappa shape index (κ3) is 4.79. The number of nitro groups is 1. The molecule has 0 aliphatic heterocycles. The van der Waals surface area contributed by atoms with Gasteiger partial charge < -0.3 is 5.32 Å². The number of hydrogen-bond acceptors (Lipinski definition) is 3. The maximum Gasteiger partial charge on any atom is 0.270 e. The van der Waals surface area contributed by atoms with Crippen molar-refractivity contribution in [2.24, 2.45) is 0 Å². The van der Waals surface area contributed by atoms with Gasteiger partial charge in [-0.3, -0.25) is 14.9 Å². The van der Waals surface area contributed by atoms with E-state index in [2.05, 4.69) is 5.32 Å². The van der Waals surface area contributed by atoms with Gasteiger partial charge in [-0.25, -0.2) is 0 Å². The fraction of sp³-hybridized carbons (Fsp3) is 0.235. The number of nitrogens with one attached hydrogen (secondary N) is 1. The lowest BCUT2D eigenvalue weighted by Crippen LogP contribution is -2.33. The highest BCUT2D eigenvalue weighted by Gasteiger charge is 2.16. The molecule has 1 unspecified atom stereocenters. The Balaban J connectivity index is 1.94. The summed E-state index contributed by atoms with van der Waals surface area (Å²) in [5.74, 6) is -0.328. The van der Waals surface area contributed by atoms with Crippen molar-refractivity contribution in [1.82, 2.24) is 5.32 Å². The molecule has 2 aromatic rings. The van der Waals surface area contributed by atoms with Crippen LogP contribution in [0, 0.1) is 10.1 Å². The van der Waals surface area contributed by atoms with E-state index in [4.69, 9.17) is 11.6 Å². The summed E-state index contributed by atoms with van der Waals surface area (Å²) in [4.78, 5) is 22.3. The van der Waals surface area contributed by atoms with Crippen LogP contribution in [0.1, 0.15) is 29.3 Å². The maximum absolute atomic E-state index is 12.2. The van der Waals surface area contributed by atoms with E-state index in [0.29, 0.717) is 0 Å². The fourth-order valence-corrected chi connectivity index (χ4v) is 2.46. The van der Waals surface area contributed by atoms with Gasteiger partial charge in [0.1, 0.15) is 0 Å². The zero-order valence-electron chi connectivity index (χ0n) is 12.7. The monoisotopic (exact) mass is 332 g/mol. The molecule has 0 spiro atoms. The minimum Gasteiger partial charge on any atom is -0.350 e. The predicted octanol–water partition coefficient (Wildman–Crippen LogP) is 4.00. The van der Waals surface area contributed by atoms with Crippen LogP contribution < -0.4 is 5.32 Å². The first kappa shape index (κ1) is 17.0. The summed E-state index contributed by atoms with van der Waals surface area (Å²) >= 11 is 5.96. The van der Waals surface area contributed by atoms with E-state index >= 15 is 0 Å². The smallest absolute Gasteiger partial charge is 0.270 e. The molecule has 2 aromatic carbocycles. The van der Waals surface area contributed by atoms with Crippen LogP contribution >= 0.6 is 11.6 Å². The number of aryl methyl sites for hydroxylation is 1. The van der Waals surface area contributed by atoms with Crippen LogP contribution in [0.5, 0.6) is 0 Å². The summed E-state index contributed by atoms with van der Waals surface area (Å²) in [6.07, 6.45) is 1.65. The molecule has 0 saturated carbocycles. The van der Waals surface area contributed by atoms with Gasteiger partial charge in [0.05, 0.1) is 15.5 Å². The molecule has 0 aromatic heterocycles. The molecule has 6 heteroatoms. The van der Waals surface area contributed by atoms with Crippen LogP contribution in [-0.4, -0.2) is 16.9 Å². The topological polar surface area (TPSA) is 72.2 Å². The third-order valence-corrected chi connectivity index (χ3v) is 3.81. The quantitative estimate of drug-likeness (QED) is 0.642. The molecule has 0 aliphatic rings. The van der Waals surface area contributed by atoms with Crippen LogP contribution in [0.15, 0.2) is 48.5 Å². The SMILES string of the molecule is CC(CCc1ccccc1)NC(=O)c1ccc([N+](=O)[O-])cc1Cl. The van der Waals surface area contributed by atoms with E-state index < -0.39 is 4.92 Å². The van der Waals surface area contributed by atoms with Crippen molar-refractivity contribution in [2.45, 2.75) is 25.8 Å². The molecule has 120 valence electrons. The largest absolute Gasteiger partial charge is 0.350 e. The van der Waals surface area contributed by atoms with Gasteiger partial charge in [-0.1, -0.05) is 41.9 Å². The number of nitro benzene ring substituents is 1. The van der Waals surface area contributed by atoms with Gasteiger partial charge in [-0.2, -0.15) is 0 Å². The summed E-state index contributed by atoms with van der Waals surface area (Å²) in [6, 6.07) is 13.8. The van der Waals surface area contributed by atoms with Crippen molar-refractivity contribution in [3.63, 3.8) is 0 Å². The first-order valence-electron chi connectivity index (χ1n) is 7.26. The van der Waals surface area contributed by atoms with Crippen molar-refractivity contribution >= 4 is 23.2 Å². The Morgan fingerprint density at radius 3 is 2.57 bits per heavy atom. The van der Waals surface area contributed by atoms with Crippen molar-refractivity contribution in [3.8, 4) is 0 Å². The van der Waals surface area contributed by atoms with E-state index in [1.807, 2.05) is 37.3 Å². The van der Waals surface area contributed by atoms with E-state index in [1.165, 1.54) is 23.8 Å². The van der Waals surface area contributed by atoms with Crippen molar-refractivity contribution in [3.05, 3.63) is 74.8 Å². The number of carbonyl (C=O) groups is 1. The molecule has 5 nitrogen and oxygen atoms in total. The number of hydrogen-bond donors (Lipinski definition) is 1. The van der Waals surface area contributed by atoms with E-state index in [9.17, 15) is 14.9 Å². The Hall–Kier alpha value is -2.40. The molecule has 1 atom stereocenters. The molecule has 0 heterocycles. The van der Waals surface area contributed by atoms with Crippen molar-refractivity contribution in [1.29, 1.82) is 0 Å². The molecule has 0 saturated heterocycles. The predicted molar refractivity (Wildman–Crippen MR) is 89.8 cm³/mol. The van der Waals surface area contributed by atoms with E-state index in [-0.39, 0.29) is 28.2 Å². The zero-order chi connectivity index (χ0) is 16.8. The molecule has 1 amide bonds. The molecule has 23 heavy (non-hydrogen) atoms.